The third-order valence-electron chi connectivity index (χ3n) is 3.64. The topological polar surface area (TPSA) is 20.2 Å². The molecule has 0 spiro atoms. The molecule has 0 saturated heterocycles. The van der Waals surface area contributed by atoms with Crippen molar-refractivity contribution in [2.45, 2.75) is 65.4 Å². The van der Waals surface area contributed by atoms with Gasteiger partial charge in [0, 0.05) is 0 Å². The first-order valence-corrected chi connectivity index (χ1v) is 6.43. The molecule has 1 aliphatic carbocycles. The first-order chi connectivity index (χ1) is 7.39. The molecular formula is C15H26O. The number of allylic oxidation sites excluding steroid dienone is 4. The van der Waals surface area contributed by atoms with Gasteiger partial charge in [0.1, 0.15) is 0 Å². The van der Waals surface area contributed by atoms with Crippen molar-refractivity contribution in [2.24, 2.45) is 5.92 Å². The molecular weight excluding hydrogens is 196 g/mol. The van der Waals surface area contributed by atoms with Crippen LogP contribution in [0, 0.1) is 5.92 Å². The van der Waals surface area contributed by atoms with Gasteiger partial charge >= 0.3 is 0 Å². The van der Waals surface area contributed by atoms with Crippen LogP contribution < -0.4 is 0 Å². The lowest BCUT2D eigenvalue weighted by Crippen LogP contribution is -2.30. The lowest BCUT2D eigenvalue weighted by molar-refractivity contribution is 0.0192. The standard InChI is InChI=1S/C15H26O/c1-12-6-5-7-13(2)9-11-14(10-8-12)15(3,4)16/h8-9,14,16H,5-7,10-11H2,1-4H3/b12-8+,13-9+. The zero-order valence-corrected chi connectivity index (χ0v) is 11.2. The van der Waals surface area contributed by atoms with E-state index >= 15 is 0 Å². The number of hydrogen-bond acceptors (Lipinski definition) is 1. The number of aliphatic hydroxyl groups is 1. The van der Waals surface area contributed by atoms with E-state index in [1.54, 1.807) is 0 Å². The van der Waals surface area contributed by atoms with E-state index in [2.05, 4.69) is 26.0 Å². The Bertz CT molecular complexity index is 256. The van der Waals surface area contributed by atoms with E-state index < -0.39 is 5.60 Å². The molecule has 0 aliphatic heterocycles. The second kappa shape index (κ2) is 5.67. The Morgan fingerprint density at radius 1 is 1.06 bits per heavy atom. The lowest BCUT2D eigenvalue weighted by atomic mass is 9.83. The molecule has 0 aromatic rings. The fourth-order valence-corrected chi connectivity index (χ4v) is 2.21. The van der Waals surface area contributed by atoms with Crippen LogP contribution in [0.2, 0.25) is 0 Å². The van der Waals surface area contributed by atoms with E-state index in [0.717, 1.165) is 12.8 Å². The van der Waals surface area contributed by atoms with E-state index in [4.69, 9.17) is 0 Å². The summed E-state index contributed by atoms with van der Waals surface area (Å²) in [6.45, 7) is 8.27. The van der Waals surface area contributed by atoms with Crippen molar-refractivity contribution in [1.82, 2.24) is 0 Å². The van der Waals surface area contributed by atoms with Gasteiger partial charge in [0.2, 0.25) is 0 Å². The van der Waals surface area contributed by atoms with E-state index in [1.807, 2.05) is 13.8 Å². The zero-order valence-electron chi connectivity index (χ0n) is 11.2. The summed E-state index contributed by atoms with van der Waals surface area (Å²) in [5, 5.41) is 10.1. The maximum Gasteiger partial charge on any atom is 0.0625 e. The summed E-state index contributed by atoms with van der Waals surface area (Å²) in [5.41, 5.74) is 2.38. The van der Waals surface area contributed by atoms with Crippen LogP contribution in [0.25, 0.3) is 0 Å². The van der Waals surface area contributed by atoms with Gasteiger partial charge in [0.15, 0.2) is 0 Å². The van der Waals surface area contributed by atoms with Gasteiger partial charge in [-0.05, 0) is 65.7 Å². The fraction of sp³-hybridized carbons (Fsp3) is 0.733. The van der Waals surface area contributed by atoms with Crippen LogP contribution >= 0.6 is 0 Å². The predicted octanol–water partition coefficient (Wildman–Crippen LogP) is 4.23. The van der Waals surface area contributed by atoms with Gasteiger partial charge in [0.25, 0.3) is 0 Å². The van der Waals surface area contributed by atoms with E-state index in [0.29, 0.717) is 5.92 Å². The molecule has 16 heavy (non-hydrogen) atoms. The van der Waals surface area contributed by atoms with Gasteiger partial charge in [-0.2, -0.15) is 0 Å². The third kappa shape index (κ3) is 4.52. The van der Waals surface area contributed by atoms with Crippen molar-refractivity contribution >= 4 is 0 Å². The van der Waals surface area contributed by atoms with Crippen molar-refractivity contribution in [3.63, 3.8) is 0 Å². The molecule has 0 radical (unpaired) electrons. The summed E-state index contributed by atoms with van der Waals surface area (Å²) in [6.07, 6.45) is 10.3. The molecule has 92 valence electrons. The first kappa shape index (κ1) is 13.5. The molecule has 0 aromatic heterocycles. The van der Waals surface area contributed by atoms with Crippen molar-refractivity contribution in [3.05, 3.63) is 23.3 Å². The molecule has 0 unspecified atom stereocenters. The summed E-state index contributed by atoms with van der Waals surface area (Å²) >= 11 is 0. The maximum atomic E-state index is 10.1. The quantitative estimate of drug-likeness (QED) is 0.658. The van der Waals surface area contributed by atoms with Gasteiger partial charge < -0.3 is 5.11 Å². The van der Waals surface area contributed by atoms with Gasteiger partial charge in [0.05, 0.1) is 5.60 Å². The molecule has 1 nitrogen and oxygen atoms in total. The average Bonchev–Trinajstić information content (AvgIpc) is 2.15. The summed E-state index contributed by atoms with van der Waals surface area (Å²) in [6, 6.07) is 0. The Balaban J connectivity index is 2.77. The lowest BCUT2D eigenvalue weighted by Gasteiger charge is -2.28. The Kier molecular flexibility index (Phi) is 4.79. The van der Waals surface area contributed by atoms with E-state index in [9.17, 15) is 5.11 Å². The minimum Gasteiger partial charge on any atom is -0.390 e. The highest BCUT2D eigenvalue weighted by atomic mass is 16.3. The SMILES string of the molecule is C/C1=C\CC(C(C)(C)O)C/C=C(\C)CCC1. The molecule has 0 atom stereocenters. The minimum absolute atomic E-state index is 0.343. The van der Waals surface area contributed by atoms with Gasteiger partial charge in [-0.25, -0.2) is 0 Å². The van der Waals surface area contributed by atoms with Crippen LogP contribution in [-0.4, -0.2) is 10.7 Å². The highest BCUT2D eigenvalue weighted by Gasteiger charge is 2.24. The van der Waals surface area contributed by atoms with Crippen molar-refractivity contribution < 1.29 is 5.11 Å². The van der Waals surface area contributed by atoms with E-state index in [-0.39, 0.29) is 0 Å². The number of hydrogen-bond donors (Lipinski definition) is 1. The first-order valence-electron chi connectivity index (χ1n) is 6.43. The molecule has 0 bridgehead atoms. The van der Waals surface area contributed by atoms with Gasteiger partial charge in [-0.1, -0.05) is 23.3 Å². The molecule has 0 heterocycles. The molecule has 1 heteroatoms. The highest BCUT2D eigenvalue weighted by molar-refractivity contribution is 5.06. The van der Waals surface area contributed by atoms with Crippen LogP contribution in [0.15, 0.2) is 23.3 Å². The summed E-state index contributed by atoms with van der Waals surface area (Å²) in [5.74, 6) is 0.343. The molecule has 1 rings (SSSR count). The van der Waals surface area contributed by atoms with E-state index in [1.165, 1.54) is 30.4 Å². The highest BCUT2D eigenvalue weighted by Crippen LogP contribution is 2.28. The van der Waals surface area contributed by atoms with Gasteiger partial charge in [-0.15, -0.1) is 0 Å². The van der Waals surface area contributed by atoms with Crippen molar-refractivity contribution in [1.29, 1.82) is 0 Å². The normalized spacial score (nSPS) is 27.8. The second-order valence-electron chi connectivity index (χ2n) is 5.78. The fourth-order valence-electron chi connectivity index (χ4n) is 2.21. The molecule has 1 N–H and O–H groups in total. The third-order valence-corrected chi connectivity index (χ3v) is 3.64. The average molecular weight is 222 g/mol. The predicted molar refractivity (Wildman–Crippen MR) is 70.4 cm³/mol. The second-order valence-corrected chi connectivity index (χ2v) is 5.78. The van der Waals surface area contributed by atoms with Crippen LogP contribution in [0.4, 0.5) is 0 Å². The number of rotatable bonds is 1. The molecule has 0 aromatic carbocycles. The molecule has 0 amide bonds. The smallest absolute Gasteiger partial charge is 0.0625 e. The zero-order chi connectivity index (χ0) is 12.2. The summed E-state index contributed by atoms with van der Waals surface area (Å²) in [4.78, 5) is 0. The van der Waals surface area contributed by atoms with Crippen LogP contribution in [0.3, 0.4) is 0 Å². The van der Waals surface area contributed by atoms with Crippen LogP contribution in [0.1, 0.15) is 59.8 Å². The van der Waals surface area contributed by atoms with Gasteiger partial charge in [-0.3, -0.25) is 0 Å². The summed E-state index contributed by atoms with van der Waals surface area (Å²) in [7, 11) is 0. The monoisotopic (exact) mass is 222 g/mol. The molecule has 0 fully saturated rings. The van der Waals surface area contributed by atoms with Crippen LogP contribution in [-0.2, 0) is 0 Å². The largest absolute Gasteiger partial charge is 0.390 e. The minimum atomic E-state index is -0.577. The maximum absolute atomic E-state index is 10.1. The summed E-state index contributed by atoms with van der Waals surface area (Å²) < 4.78 is 0. The Morgan fingerprint density at radius 2 is 1.50 bits per heavy atom. The Morgan fingerprint density at radius 3 is 1.88 bits per heavy atom. The van der Waals surface area contributed by atoms with Crippen molar-refractivity contribution in [3.8, 4) is 0 Å². The Hall–Kier alpha value is -0.560. The molecule has 1 aliphatic rings. The van der Waals surface area contributed by atoms with Crippen molar-refractivity contribution in [2.75, 3.05) is 0 Å². The van der Waals surface area contributed by atoms with Crippen LogP contribution in [0.5, 0.6) is 0 Å². The Labute approximate surface area is 100 Å². The molecule has 0 saturated carbocycles.